The Bertz CT molecular complexity index is 345. The van der Waals surface area contributed by atoms with Gasteiger partial charge in [-0.25, -0.2) is 0 Å². The van der Waals surface area contributed by atoms with Gasteiger partial charge in [0.2, 0.25) is 0 Å². The Morgan fingerprint density at radius 2 is 1.44 bits per heavy atom. The Hall–Kier alpha value is -1.10. The molecule has 0 spiro atoms. The van der Waals surface area contributed by atoms with Gasteiger partial charge in [-0.3, -0.25) is 9.59 Å². The normalized spacial score (nSPS) is 49.2. The van der Waals surface area contributed by atoms with Gasteiger partial charge in [-0.05, 0) is 25.7 Å². The molecule has 0 aromatic heterocycles. The van der Waals surface area contributed by atoms with Crippen molar-refractivity contribution in [2.75, 3.05) is 0 Å². The number of aliphatic carboxylic acids is 2. The van der Waals surface area contributed by atoms with Crippen molar-refractivity contribution in [1.82, 2.24) is 0 Å². The van der Waals surface area contributed by atoms with Crippen LogP contribution in [0.15, 0.2) is 0 Å². The lowest BCUT2D eigenvalue weighted by molar-refractivity contribution is -0.172. The molecule has 3 aliphatic rings. The molecule has 5 heteroatoms. The third-order valence-electron chi connectivity index (χ3n) is 4.82. The fraction of sp³-hybridized carbons (Fsp3) is 0.818. The molecule has 4 atom stereocenters. The lowest BCUT2D eigenvalue weighted by Gasteiger charge is -2.39. The van der Waals surface area contributed by atoms with Crippen LogP contribution >= 0.6 is 0 Å². The van der Waals surface area contributed by atoms with Crippen molar-refractivity contribution >= 4 is 11.9 Å². The van der Waals surface area contributed by atoms with Gasteiger partial charge in [0.1, 0.15) is 10.8 Å². The van der Waals surface area contributed by atoms with Crippen molar-refractivity contribution in [3.63, 3.8) is 0 Å². The minimum atomic E-state index is -1.16. The van der Waals surface area contributed by atoms with E-state index in [1.54, 1.807) is 0 Å². The summed E-state index contributed by atoms with van der Waals surface area (Å²) in [6.07, 6.45) is 2.14. The van der Waals surface area contributed by atoms with Crippen molar-refractivity contribution in [3.05, 3.63) is 0 Å². The topological polar surface area (TPSA) is 83.8 Å². The highest BCUT2D eigenvalue weighted by atomic mass is 16.5. The lowest BCUT2D eigenvalue weighted by Crippen LogP contribution is -2.55. The van der Waals surface area contributed by atoms with Crippen LogP contribution in [0, 0.1) is 10.8 Å². The number of hydrogen-bond acceptors (Lipinski definition) is 3. The molecule has 3 fully saturated rings. The van der Waals surface area contributed by atoms with Crippen LogP contribution in [0.3, 0.4) is 0 Å². The van der Waals surface area contributed by atoms with Crippen LogP contribution in [-0.2, 0) is 14.3 Å². The Kier molecular flexibility index (Phi) is 1.74. The highest BCUT2D eigenvalue weighted by Crippen LogP contribution is 2.67. The van der Waals surface area contributed by atoms with Gasteiger partial charge in [0.05, 0.1) is 12.2 Å². The van der Waals surface area contributed by atoms with Crippen LogP contribution < -0.4 is 0 Å². The number of carboxylic acids is 2. The Balaban J connectivity index is 2.19. The first-order valence-corrected chi connectivity index (χ1v) is 5.68. The van der Waals surface area contributed by atoms with Crippen LogP contribution in [0.4, 0.5) is 0 Å². The number of ether oxygens (including phenoxy) is 1. The van der Waals surface area contributed by atoms with E-state index in [4.69, 9.17) is 4.74 Å². The predicted molar refractivity (Wildman–Crippen MR) is 51.9 cm³/mol. The van der Waals surface area contributed by atoms with Crippen molar-refractivity contribution < 1.29 is 24.5 Å². The van der Waals surface area contributed by atoms with Crippen LogP contribution in [0.25, 0.3) is 0 Å². The Labute approximate surface area is 92.4 Å². The van der Waals surface area contributed by atoms with E-state index in [-0.39, 0.29) is 0 Å². The predicted octanol–water partition coefficient (Wildman–Crippen LogP) is 0.874. The van der Waals surface area contributed by atoms with Gasteiger partial charge in [-0.15, -0.1) is 0 Å². The summed E-state index contributed by atoms with van der Waals surface area (Å²) in [5, 5.41) is 18.9. The Morgan fingerprint density at radius 3 is 1.81 bits per heavy atom. The summed E-state index contributed by atoms with van der Waals surface area (Å²) in [7, 11) is 0. The van der Waals surface area contributed by atoms with Gasteiger partial charge in [0.25, 0.3) is 0 Å². The maximum atomic E-state index is 11.6. The number of carboxylic acid groups (broad SMARTS) is 2. The van der Waals surface area contributed by atoms with E-state index in [2.05, 4.69) is 0 Å². The molecule has 1 aliphatic carbocycles. The average molecular weight is 226 g/mol. The maximum absolute atomic E-state index is 11.6. The fourth-order valence-electron chi connectivity index (χ4n) is 4.22. The van der Waals surface area contributed by atoms with Gasteiger partial charge >= 0.3 is 11.9 Å². The van der Waals surface area contributed by atoms with Crippen molar-refractivity contribution in [1.29, 1.82) is 0 Å². The standard InChI is InChI=1S/C11H14O5/c12-8(13)10-4-1-5-11(10,9(14)15)7-3-2-6(10)16-7/h6-7H,1-5H2,(H,12,13)(H,14,15). The first-order chi connectivity index (χ1) is 7.55. The molecule has 0 amide bonds. The summed E-state index contributed by atoms with van der Waals surface area (Å²) in [6, 6.07) is 0. The van der Waals surface area contributed by atoms with E-state index in [1.807, 2.05) is 0 Å². The van der Waals surface area contributed by atoms with Gasteiger partial charge in [0, 0.05) is 0 Å². The first kappa shape index (κ1) is 10.1. The molecule has 2 saturated heterocycles. The second-order valence-electron chi connectivity index (χ2n) is 5.10. The molecule has 88 valence electrons. The minimum Gasteiger partial charge on any atom is -0.481 e. The lowest BCUT2D eigenvalue weighted by atomic mass is 9.57. The molecule has 2 N–H and O–H groups in total. The van der Waals surface area contributed by atoms with Crippen LogP contribution in [-0.4, -0.2) is 34.4 Å². The number of hydrogen-bond donors (Lipinski definition) is 2. The van der Waals surface area contributed by atoms with E-state index in [0.717, 1.165) is 0 Å². The molecule has 5 nitrogen and oxygen atoms in total. The fourth-order valence-corrected chi connectivity index (χ4v) is 4.22. The molecule has 2 heterocycles. The zero-order chi connectivity index (χ0) is 11.6. The molecule has 0 radical (unpaired) electrons. The van der Waals surface area contributed by atoms with Crippen LogP contribution in [0.2, 0.25) is 0 Å². The summed E-state index contributed by atoms with van der Waals surface area (Å²) >= 11 is 0. The van der Waals surface area contributed by atoms with Crippen LogP contribution in [0.5, 0.6) is 0 Å². The molecule has 3 rings (SSSR count). The van der Waals surface area contributed by atoms with E-state index in [0.29, 0.717) is 32.1 Å². The van der Waals surface area contributed by atoms with Gasteiger partial charge in [-0.1, -0.05) is 6.42 Å². The summed E-state index contributed by atoms with van der Waals surface area (Å²) in [4.78, 5) is 23.1. The zero-order valence-electron chi connectivity index (χ0n) is 8.81. The third-order valence-corrected chi connectivity index (χ3v) is 4.82. The summed E-state index contributed by atoms with van der Waals surface area (Å²) in [6.45, 7) is 0. The molecule has 0 aromatic carbocycles. The molecule has 0 aromatic rings. The number of rotatable bonds is 2. The average Bonchev–Trinajstić information content (AvgIpc) is 2.88. The van der Waals surface area contributed by atoms with E-state index >= 15 is 0 Å². The van der Waals surface area contributed by atoms with Gasteiger partial charge < -0.3 is 14.9 Å². The Morgan fingerprint density at radius 1 is 1.00 bits per heavy atom. The molecule has 16 heavy (non-hydrogen) atoms. The van der Waals surface area contributed by atoms with Gasteiger partial charge in [0.15, 0.2) is 0 Å². The molecule has 4 unspecified atom stereocenters. The quantitative estimate of drug-likeness (QED) is 0.730. The SMILES string of the molecule is O=C(O)C12CCCC1(C(=O)O)C1CCC2O1. The van der Waals surface area contributed by atoms with Crippen molar-refractivity contribution in [2.24, 2.45) is 10.8 Å². The molecular formula is C11H14O5. The van der Waals surface area contributed by atoms with Gasteiger partial charge in [-0.2, -0.15) is 0 Å². The number of fused-ring (bicyclic) bond motifs is 5. The minimum absolute atomic E-state index is 0.395. The monoisotopic (exact) mass is 226 g/mol. The zero-order valence-corrected chi connectivity index (χ0v) is 8.81. The molecule has 2 aliphatic heterocycles. The second kappa shape index (κ2) is 2.77. The summed E-state index contributed by atoms with van der Waals surface area (Å²) in [5.74, 6) is -1.97. The highest BCUT2D eigenvalue weighted by molar-refractivity contribution is 5.89. The summed E-state index contributed by atoms with van der Waals surface area (Å²) in [5.41, 5.74) is -2.33. The molecular weight excluding hydrogens is 212 g/mol. The first-order valence-electron chi connectivity index (χ1n) is 5.68. The molecule has 2 bridgehead atoms. The summed E-state index contributed by atoms with van der Waals surface area (Å²) < 4.78 is 5.61. The van der Waals surface area contributed by atoms with E-state index in [1.165, 1.54) is 0 Å². The number of carbonyl (C=O) groups is 2. The third kappa shape index (κ3) is 0.764. The largest absolute Gasteiger partial charge is 0.481 e. The van der Waals surface area contributed by atoms with Crippen LogP contribution in [0.1, 0.15) is 32.1 Å². The molecule has 1 saturated carbocycles. The van der Waals surface area contributed by atoms with Crippen molar-refractivity contribution in [3.8, 4) is 0 Å². The van der Waals surface area contributed by atoms with E-state index < -0.39 is 35.0 Å². The smallest absolute Gasteiger partial charge is 0.313 e. The van der Waals surface area contributed by atoms with Crippen molar-refractivity contribution in [2.45, 2.75) is 44.3 Å². The maximum Gasteiger partial charge on any atom is 0.313 e. The highest BCUT2D eigenvalue weighted by Gasteiger charge is 2.77. The second-order valence-corrected chi connectivity index (χ2v) is 5.10. The van der Waals surface area contributed by atoms with E-state index in [9.17, 15) is 19.8 Å².